The molecule has 0 aromatic heterocycles. The minimum Gasteiger partial charge on any atom is -0.454 e. The zero-order valence-electron chi connectivity index (χ0n) is 12.9. The molecule has 0 unspecified atom stereocenters. The van der Waals surface area contributed by atoms with Gasteiger partial charge in [-0.15, -0.1) is 0 Å². The van der Waals surface area contributed by atoms with Crippen LogP contribution in [0.1, 0.15) is 15.9 Å². The third-order valence-electron chi connectivity index (χ3n) is 3.45. The predicted molar refractivity (Wildman–Crippen MR) is 94.5 cm³/mol. The molecule has 0 spiro atoms. The van der Waals surface area contributed by atoms with E-state index >= 15 is 0 Å². The maximum atomic E-state index is 12.4. The van der Waals surface area contributed by atoms with Crippen LogP contribution in [-0.4, -0.2) is 18.6 Å². The van der Waals surface area contributed by atoms with E-state index < -0.39 is 11.8 Å². The predicted octanol–water partition coefficient (Wildman–Crippen LogP) is 1.94. The summed E-state index contributed by atoms with van der Waals surface area (Å²) in [4.78, 5) is 24.4. The highest BCUT2D eigenvalue weighted by atomic mass is 79.9. The number of nitrogens with two attached hydrogens (primary N) is 1. The maximum absolute atomic E-state index is 12.4. The van der Waals surface area contributed by atoms with Crippen LogP contribution in [0.3, 0.4) is 0 Å². The van der Waals surface area contributed by atoms with Gasteiger partial charge in [-0.2, -0.15) is 0 Å². The van der Waals surface area contributed by atoms with Crippen molar-refractivity contribution >= 4 is 33.8 Å². The van der Waals surface area contributed by atoms with Crippen molar-refractivity contribution in [1.29, 1.82) is 0 Å². The molecule has 3 rings (SSSR count). The zero-order chi connectivity index (χ0) is 17.8. The number of benzene rings is 2. The Balaban J connectivity index is 1.88. The van der Waals surface area contributed by atoms with E-state index in [0.29, 0.717) is 27.1 Å². The SMILES string of the molecule is NNC(=O)C(=Cc1ccc2c(c1)OCO2)NC(=O)c1ccccc1Br. The molecule has 2 aromatic rings. The first-order chi connectivity index (χ1) is 12.1. The lowest BCUT2D eigenvalue weighted by Crippen LogP contribution is -2.38. The van der Waals surface area contributed by atoms with Crippen LogP contribution in [0.25, 0.3) is 6.08 Å². The number of amides is 2. The highest BCUT2D eigenvalue weighted by Gasteiger charge is 2.17. The number of hydrazine groups is 1. The van der Waals surface area contributed by atoms with E-state index in [2.05, 4.69) is 21.2 Å². The Hall–Kier alpha value is -2.84. The molecule has 0 bridgehead atoms. The van der Waals surface area contributed by atoms with E-state index in [1.54, 1.807) is 42.5 Å². The van der Waals surface area contributed by atoms with Gasteiger partial charge in [-0.3, -0.25) is 15.0 Å². The second-order valence-electron chi connectivity index (χ2n) is 5.08. The number of ether oxygens (including phenoxy) is 2. The highest BCUT2D eigenvalue weighted by molar-refractivity contribution is 9.10. The van der Waals surface area contributed by atoms with Gasteiger partial charge in [0.2, 0.25) is 6.79 Å². The monoisotopic (exact) mass is 403 g/mol. The molecule has 1 aliphatic rings. The lowest BCUT2D eigenvalue weighted by atomic mass is 10.1. The molecule has 1 heterocycles. The summed E-state index contributed by atoms with van der Waals surface area (Å²) in [6.45, 7) is 0.150. The van der Waals surface area contributed by atoms with Crippen molar-refractivity contribution in [2.75, 3.05) is 6.79 Å². The number of hydrogen-bond donors (Lipinski definition) is 3. The van der Waals surface area contributed by atoms with Crippen LogP contribution in [0.2, 0.25) is 0 Å². The number of hydrogen-bond acceptors (Lipinski definition) is 5. The van der Waals surface area contributed by atoms with Gasteiger partial charge in [-0.1, -0.05) is 18.2 Å². The van der Waals surface area contributed by atoms with Crippen molar-refractivity contribution in [2.45, 2.75) is 0 Å². The summed E-state index contributed by atoms with van der Waals surface area (Å²) in [5, 5.41) is 2.57. The standard InChI is InChI=1S/C17H14BrN3O4/c18-12-4-2-1-3-11(12)16(22)20-13(17(23)21-19)7-10-5-6-14-15(8-10)25-9-24-14/h1-8H,9,19H2,(H,20,22)(H,21,23). The highest BCUT2D eigenvalue weighted by Crippen LogP contribution is 2.33. The van der Waals surface area contributed by atoms with Gasteiger partial charge in [0.1, 0.15) is 5.70 Å². The molecule has 7 nitrogen and oxygen atoms in total. The minimum atomic E-state index is -0.627. The van der Waals surface area contributed by atoms with E-state index in [1.807, 2.05) is 5.43 Å². The molecule has 25 heavy (non-hydrogen) atoms. The van der Waals surface area contributed by atoms with Gasteiger partial charge in [0.15, 0.2) is 11.5 Å². The molecular formula is C17H14BrN3O4. The average Bonchev–Trinajstić information content (AvgIpc) is 3.08. The molecule has 8 heteroatoms. The first-order valence-electron chi connectivity index (χ1n) is 7.26. The van der Waals surface area contributed by atoms with Crippen LogP contribution in [-0.2, 0) is 4.79 Å². The van der Waals surface area contributed by atoms with Gasteiger partial charge in [0.05, 0.1) is 5.56 Å². The van der Waals surface area contributed by atoms with E-state index in [-0.39, 0.29) is 12.5 Å². The van der Waals surface area contributed by atoms with Crippen molar-refractivity contribution in [3.8, 4) is 11.5 Å². The number of rotatable bonds is 4. The van der Waals surface area contributed by atoms with Crippen molar-refractivity contribution in [3.05, 3.63) is 63.8 Å². The minimum absolute atomic E-state index is 0.00196. The third kappa shape index (κ3) is 3.81. The van der Waals surface area contributed by atoms with E-state index in [9.17, 15) is 9.59 Å². The number of nitrogens with one attached hydrogen (secondary N) is 2. The Morgan fingerprint density at radius 1 is 1.12 bits per heavy atom. The molecule has 0 atom stereocenters. The lowest BCUT2D eigenvalue weighted by molar-refractivity contribution is -0.117. The van der Waals surface area contributed by atoms with Crippen LogP contribution >= 0.6 is 15.9 Å². The van der Waals surface area contributed by atoms with Gasteiger partial charge in [-0.25, -0.2) is 5.84 Å². The van der Waals surface area contributed by atoms with Crippen molar-refractivity contribution < 1.29 is 19.1 Å². The molecule has 1 aliphatic heterocycles. The summed E-state index contributed by atoms with van der Waals surface area (Å²) >= 11 is 3.31. The summed E-state index contributed by atoms with van der Waals surface area (Å²) < 4.78 is 11.2. The van der Waals surface area contributed by atoms with E-state index in [4.69, 9.17) is 15.3 Å². The summed E-state index contributed by atoms with van der Waals surface area (Å²) in [6.07, 6.45) is 1.50. The van der Waals surface area contributed by atoms with Crippen molar-refractivity contribution in [3.63, 3.8) is 0 Å². The molecule has 2 amide bonds. The maximum Gasteiger partial charge on any atom is 0.281 e. The van der Waals surface area contributed by atoms with Crippen LogP contribution in [0.15, 0.2) is 52.6 Å². The summed E-state index contributed by atoms with van der Waals surface area (Å²) in [5.41, 5.74) is 3.06. The van der Waals surface area contributed by atoms with E-state index in [0.717, 1.165) is 0 Å². The van der Waals surface area contributed by atoms with Gasteiger partial charge >= 0.3 is 0 Å². The fraction of sp³-hybridized carbons (Fsp3) is 0.0588. The number of carbonyl (C=O) groups is 2. The Kier molecular flexibility index (Phi) is 5.01. The number of carbonyl (C=O) groups excluding carboxylic acids is 2. The topological polar surface area (TPSA) is 103 Å². The average molecular weight is 404 g/mol. The smallest absolute Gasteiger partial charge is 0.281 e. The molecule has 128 valence electrons. The molecule has 0 saturated carbocycles. The van der Waals surface area contributed by atoms with Crippen LogP contribution in [0.5, 0.6) is 11.5 Å². The number of halogens is 1. The second-order valence-corrected chi connectivity index (χ2v) is 5.93. The molecule has 0 saturated heterocycles. The largest absolute Gasteiger partial charge is 0.454 e. The van der Waals surface area contributed by atoms with Crippen LogP contribution in [0, 0.1) is 0 Å². The third-order valence-corrected chi connectivity index (χ3v) is 4.14. The van der Waals surface area contributed by atoms with Gasteiger partial charge in [0, 0.05) is 4.47 Å². The van der Waals surface area contributed by atoms with Crippen LogP contribution in [0.4, 0.5) is 0 Å². The van der Waals surface area contributed by atoms with Crippen LogP contribution < -0.4 is 26.1 Å². The first-order valence-corrected chi connectivity index (χ1v) is 8.06. The summed E-state index contributed by atoms with van der Waals surface area (Å²) in [7, 11) is 0. The fourth-order valence-electron chi connectivity index (χ4n) is 2.24. The molecule has 0 aliphatic carbocycles. The quantitative estimate of drug-likeness (QED) is 0.313. The van der Waals surface area contributed by atoms with Gasteiger partial charge in [-0.05, 0) is 51.8 Å². The Morgan fingerprint density at radius 3 is 2.64 bits per heavy atom. The van der Waals surface area contributed by atoms with E-state index in [1.165, 1.54) is 6.08 Å². The molecular weight excluding hydrogens is 390 g/mol. The summed E-state index contributed by atoms with van der Waals surface area (Å²) in [6, 6.07) is 12.1. The van der Waals surface area contributed by atoms with Gasteiger partial charge in [0.25, 0.3) is 11.8 Å². The molecule has 0 fully saturated rings. The Labute approximate surface area is 151 Å². The Bertz CT molecular complexity index is 867. The zero-order valence-corrected chi connectivity index (χ0v) is 14.5. The van der Waals surface area contributed by atoms with Crippen molar-refractivity contribution in [1.82, 2.24) is 10.7 Å². The van der Waals surface area contributed by atoms with Gasteiger partial charge < -0.3 is 14.8 Å². The summed E-state index contributed by atoms with van der Waals surface area (Å²) in [5.74, 6) is 5.34. The molecule has 2 aromatic carbocycles. The Morgan fingerprint density at radius 2 is 1.88 bits per heavy atom. The van der Waals surface area contributed by atoms with Crippen molar-refractivity contribution in [2.24, 2.45) is 5.84 Å². The normalized spacial score (nSPS) is 12.6. The molecule has 0 radical (unpaired) electrons. The first kappa shape index (κ1) is 17.0. The second kappa shape index (κ2) is 7.37. The molecule has 4 N–H and O–H groups in total. The lowest BCUT2D eigenvalue weighted by Gasteiger charge is -2.10. The number of fused-ring (bicyclic) bond motifs is 1. The fourth-order valence-corrected chi connectivity index (χ4v) is 2.71.